The smallest absolute Gasteiger partial charge is 0.222 e. The number of nitrogens with two attached hydrogens (primary N) is 1. The fourth-order valence-corrected chi connectivity index (χ4v) is 4.27. The highest BCUT2D eigenvalue weighted by Crippen LogP contribution is 2.39. The third-order valence-electron chi connectivity index (χ3n) is 6.29. The number of benzene rings is 3. The predicted octanol–water partition coefficient (Wildman–Crippen LogP) is 6.17. The fraction of sp³-hybridized carbons (Fsp3) is 0.267. The molecule has 0 saturated carbocycles. The van der Waals surface area contributed by atoms with Crippen molar-refractivity contribution < 1.29 is 9.47 Å². The molecule has 7 nitrogen and oxygen atoms in total. The van der Waals surface area contributed by atoms with Crippen LogP contribution in [0.1, 0.15) is 19.4 Å². The molecule has 0 atom stereocenters. The quantitative estimate of drug-likeness (QED) is 0.256. The van der Waals surface area contributed by atoms with Crippen LogP contribution >= 0.6 is 0 Å². The van der Waals surface area contributed by atoms with Gasteiger partial charge in [0, 0.05) is 12.1 Å². The van der Waals surface area contributed by atoms with Crippen molar-refractivity contribution in [3.63, 3.8) is 0 Å². The lowest BCUT2D eigenvalue weighted by molar-refractivity contribution is 0.223. The molecule has 0 spiro atoms. The molecule has 0 aliphatic rings. The number of methoxy groups -OCH3 is 1. The number of para-hydroxylation sites is 2. The molecule has 192 valence electrons. The van der Waals surface area contributed by atoms with Crippen LogP contribution in [0.15, 0.2) is 72.8 Å². The minimum atomic E-state index is 0.184. The lowest BCUT2D eigenvalue weighted by atomic mass is 9.98. The van der Waals surface area contributed by atoms with Crippen molar-refractivity contribution in [1.29, 1.82) is 0 Å². The predicted molar refractivity (Wildman–Crippen MR) is 152 cm³/mol. The summed E-state index contributed by atoms with van der Waals surface area (Å²) in [6.07, 6.45) is 0. The molecular formula is C30H35N5O2. The largest absolute Gasteiger partial charge is 0.495 e. The first-order chi connectivity index (χ1) is 18.0. The summed E-state index contributed by atoms with van der Waals surface area (Å²) < 4.78 is 11.5. The third kappa shape index (κ3) is 6.37. The molecule has 37 heavy (non-hydrogen) atoms. The molecule has 7 heteroatoms. The highest BCUT2D eigenvalue weighted by molar-refractivity contribution is 5.91. The molecule has 0 fully saturated rings. The number of nitrogens with zero attached hydrogens (tertiary/aromatic N) is 3. The lowest BCUT2D eigenvalue weighted by Crippen LogP contribution is -2.27. The van der Waals surface area contributed by atoms with Crippen LogP contribution in [0.3, 0.4) is 0 Å². The first-order valence-corrected chi connectivity index (χ1v) is 12.6. The molecule has 0 aliphatic carbocycles. The minimum absolute atomic E-state index is 0.184. The Bertz CT molecular complexity index is 1320. The van der Waals surface area contributed by atoms with E-state index in [1.807, 2.05) is 54.6 Å². The summed E-state index contributed by atoms with van der Waals surface area (Å²) in [5.41, 5.74) is 11.7. The van der Waals surface area contributed by atoms with Crippen molar-refractivity contribution in [3.05, 3.63) is 78.4 Å². The van der Waals surface area contributed by atoms with E-state index in [2.05, 4.69) is 59.2 Å². The number of hydrogen-bond acceptors (Lipinski definition) is 7. The average molecular weight is 498 g/mol. The van der Waals surface area contributed by atoms with Gasteiger partial charge in [-0.15, -0.1) is 0 Å². The van der Waals surface area contributed by atoms with Gasteiger partial charge in [0.25, 0.3) is 0 Å². The van der Waals surface area contributed by atoms with Crippen LogP contribution in [0, 0.1) is 6.92 Å². The van der Waals surface area contributed by atoms with Crippen LogP contribution in [0.4, 0.5) is 17.5 Å². The highest BCUT2D eigenvalue weighted by atomic mass is 16.5. The van der Waals surface area contributed by atoms with Gasteiger partial charge in [-0.1, -0.05) is 55.8 Å². The van der Waals surface area contributed by atoms with Crippen LogP contribution in [0.25, 0.3) is 22.4 Å². The van der Waals surface area contributed by atoms with Gasteiger partial charge in [-0.2, -0.15) is 4.98 Å². The Kier molecular flexibility index (Phi) is 8.59. The SMILES string of the molecule is CCN(CC)CCOc1ccc(-c2nc(N)nc(Nc3ccccc3OC)c2-c2cccc(C)c2)cc1. The maximum atomic E-state index is 6.23. The second kappa shape index (κ2) is 12.2. The summed E-state index contributed by atoms with van der Waals surface area (Å²) in [5.74, 6) is 2.32. The van der Waals surface area contributed by atoms with Crippen molar-refractivity contribution in [2.24, 2.45) is 0 Å². The van der Waals surface area contributed by atoms with E-state index in [9.17, 15) is 0 Å². The number of hydrogen-bond donors (Lipinski definition) is 2. The summed E-state index contributed by atoms with van der Waals surface area (Å²) in [6, 6.07) is 24.0. The van der Waals surface area contributed by atoms with E-state index >= 15 is 0 Å². The molecule has 4 rings (SSSR count). The van der Waals surface area contributed by atoms with Crippen molar-refractivity contribution in [3.8, 4) is 33.9 Å². The Hall–Kier alpha value is -4.10. The van der Waals surface area contributed by atoms with Gasteiger partial charge in [0.15, 0.2) is 0 Å². The molecule has 0 radical (unpaired) electrons. The molecule has 0 saturated heterocycles. The molecule has 0 aliphatic heterocycles. The Morgan fingerprint density at radius 1 is 0.892 bits per heavy atom. The molecule has 3 N–H and O–H groups in total. The van der Waals surface area contributed by atoms with Crippen LogP contribution in [0.5, 0.6) is 11.5 Å². The number of likely N-dealkylation sites (N-methyl/N-ethyl adjacent to an activating group) is 1. The summed E-state index contributed by atoms with van der Waals surface area (Å²) in [4.78, 5) is 11.6. The monoisotopic (exact) mass is 497 g/mol. The molecule has 0 unspecified atom stereocenters. The Balaban J connectivity index is 1.73. The topological polar surface area (TPSA) is 85.5 Å². The second-order valence-electron chi connectivity index (χ2n) is 8.75. The third-order valence-corrected chi connectivity index (χ3v) is 6.29. The van der Waals surface area contributed by atoms with E-state index < -0.39 is 0 Å². The maximum absolute atomic E-state index is 6.23. The van der Waals surface area contributed by atoms with E-state index in [0.29, 0.717) is 18.2 Å². The number of ether oxygens (including phenoxy) is 2. The first-order valence-electron chi connectivity index (χ1n) is 12.6. The van der Waals surface area contributed by atoms with E-state index in [1.54, 1.807) is 7.11 Å². The molecule has 3 aromatic carbocycles. The van der Waals surface area contributed by atoms with Crippen LogP contribution in [-0.2, 0) is 0 Å². The second-order valence-corrected chi connectivity index (χ2v) is 8.75. The number of aryl methyl sites for hydroxylation is 1. The van der Waals surface area contributed by atoms with Gasteiger partial charge in [0.05, 0.1) is 24.1 Å². The fourth-order valence-electron chi connectivity index (χ4n) is 4.27. The Morgan fingerprint density at radius 2 is 1.65 bits per heavy atom. The van der Waals surface area contributed by atoms with Gasteiger partial charge >= 0.3 is 0 Å². The Labute approximate surface area is 219 Å². The Morgan fingerprint density at radius 3 is 2.35 bits per heavy atom. The first kappa shape index (κ1) is 26.0. The number of nitrogen functional groups attached to an aromatic ring is 1. The molecular weight excluding hydrogens is 462 g/mol. The molecule has 0 amide bonds. The zero-order valence-corrected chi connectivity index (χ0v) is 22.0. The van der Waals surface area contributed by atoms with Gasteiger partial charge in [-0.3, -0.25) is 0 Å². The summed E-state index contributed by atoms with van der Waals surface area (Å²) in [7, 11) is 1.65. The number of aromatic nitrogens is 2. The standard InChI is InChI=1S/C30H35N5O2/c1-5-35(6-2)18-19-37-24-16-14-22(15-17-24)28-27(23-11-9-10-21(3)20-23)29(34-30(31)33-28)32-25-12-7-8-13-26(25)36-4/h7-17,20H,5-6,18-19H2,1-4H3,(H3,31,32,33,34). The summed E-state index contributed by atoms with van der Waals surface area (Å²) in [6.45, 7) is 9.96. The lowest BCUT2D eigenvalue weighted by Gasteiger charge is -2.19. The van der Waals surface area contributed by atoms with Crippen molar-refractivity contribution in [1.82, 2.24) is 14.9 Å². The normalized spacial score (nSPS) is 10.9. The van der Waals surface area contributed by atoms with Crippen LogP contribution in [0.2, 0.25) is 0 Å². The number of nitrogens with one attached hydrogen (secondary N) is 1. The summed E-state index contributed by atoms with van der Waals surface area (Å²) in [5, 5.41) is 3.44. The average Bonchev–Trinajstić information content (AvgIpc) is 2.91. The van der Waals surface area contributed by atoms with Crippen LogP contribution in [-0.4, -0.2) is 48.2 Å². The minimum Gasteiger partial charge on any atom is -0.495 e. The summed E-state index contributed by atoms with van der Waals surface area (Å²) >= 11 is 0. The zero-order valence-electron chi connectivity index (χ0n) is 22.0. The van der Waals surface area contributed by atoms with Gasteiger partial charge in [0.2, 0.25) is 5.95 Å². The van der Waals surface area contributed by atoms with Crippen LogP contribution < -0.4 is 20.5 Å². The van der Waals surface area contributed by atoms with Gasteiger partial charge in [0.1, 0.15) is 23.9 Å². The number of anilines is 3. The molecule has 4 aromatic rings. The van der Waals surface area contributed by atoms with Crippen molar-refractivity contribution in [2.75, 3.05) is 44.4 Å². The molecule has 0 bridgehead atoms. The number of rotatable bonds is 11. The van der Waals surface area contributed by atoms with E-state index in [1.165, 1.54) is 0 Å². The highest BCUT2D eigenvalue weighted by Gasteiger charge is 2.19. The van der Waals surface area contributed by atoms with E-state index in [4.69, 9.17) is 15.2 Å². The van der Waals surface area contributed by atoms with E-state index in [0.717, 1.165) is 59.0 Å². The van der Waals surface area contributed by atoms with Gasteiger partial charge < -0.3 is 25.4 Å². The molecule has 1 heterocycles. The van der Waals surface area contributed by atoms with Crippen molar-refractivity contribution in [2.45, 2.75) is 20.8 Å². The van der Waals surface area contributed by atoms with Gasteiger partial charge in [-0.25, -0.2) is 4.98 Å². The maximum Gasteiger partial charge on any atom is 0.222 e. The zero-order chi connectivity index (χ0) is 26.2. The van der Waals surface area contributed by atoms with Gasteiger partial charge in [-0.05, 0) is 62.0 Å². The van der Waals surface area contributed by atoms with Crippen molar-refractivity contribution >= 4 is 17.5 Å². The molecule has 1 aromatic heterocycles. The van der Waals surface area contributed by atoms with E-state index in [-0.39, 0.29) is 5.95 Å².